The molecule has 0 amide bonds. The van der Waals surface area contributed by atoms with Crippen molar-refractivity contribution in [3.63, 3.8) is 0 Å². The van der Waals surface area contributed by atoms with E-state index in [-0.39, 0.29) is 5.97 Å². The maximum Gasteiger partial charge on any atom is 0.330 e. The van der Waals surface area contributed by atoms with Gasteiger partial charge in [0.15, 0.2) is 0 Å². The van der Waals surface area contributed by atoms with Crippen LogP contribution in [0.25, 0.3) is 0 Å². The summed E-state index contributed by atoms with van der Waals surface area (Å²) in [7, 11) is 0. The molecule has 1 aliphatic heterocycles. The van der Waals surface area contributed by atoms with Crippen molar-refractivity contribution in [1.82, 2.24) is 0 Å². The van der Waals surface area contributed by atoms with Gasteiger partial charge in [-0.15, -0.1) is 0 Å². The molecule has 0 saturated heterocycles. The molecule has 1 rings (SSSR count). The van der Waals surface area contributed by atoms with Gasteiger partial charge in [-0.1, -0.05) is 6.08 Å². The average molecular weight is 170 g/mol. The summed E-state index contributed by atoms with van der Waals surface area (Å²) >= 11 is 0. The first-order chi connectivity index (χ1) is 5.52. The normalized spacial score (nSPS) is 31.4. The Morgan fingerprint density at radius 1 is 1.83 bits per heavy atom. The first kappa shape index (κ1) is 9.26. The Labute approximate surface area is 72.0 Å². The van der Waals surface area contributed by atoms with Crippen LogP contribution in [-0.4, -0.2) is 22.8 Å². The number of aliphatic hydroxyl groups excluding tert-OH is 1. The third kappa shape index (κ3) is 2.34. The van der Waals surface area contributed by atoms with E-state index in [1.165, 1.54) is 6.08 Å². The molecule has 0 saturated carbocycles. The molecular weight excluding hydrogens is 156 g/mol. The second-order valence-corrected chi connectivity index (χ2v) is 3.53. The van der Waals surface area contributed by atoms with E-state index in [2.05, 4.69) is 0 Å². The van der Waals surface area contributed by atoms with Gasteiger partial charge in [-0.3, -0.25) is 0 Å². The standard InChI is InChI=1S/C9H14O3/c1-7(10)6-9(2)5-3-4-8(11)12-9/h3-4,7,10H,5-6H2,1-2H3/t7-,9+/m0/s1. The van der Waals surface area contributed by atoms with Crippen molar-refractivity contribution in [2.45, 2.75) is 38.4 Å². The van der Waals surface area contributed by atoms with Crippen molar-refractivity contribution in [2.24, 2.45) is 0 Å². The van der Waals surface area contributed by atoms with Gasteiger partial charge in [0.25, 0.3) is 0 Å². The number of rotatable bonds is 2. The van der Waals surface area contributed by atoms with Crippen LogP contribution in [0.3, 0.4) is 0 Å². The van der Waals surface area contributed by atoms with E-state index in [1.807, 2.05) is 6.92 Å². The fourth-order valence-corrected chi connectivity index (χ4v) is 1.47. The van der Waals surface area contributed by atoms with Gasteiger partial charge in [0, 0.05) is 18.9 Å². The second kappa shape index (κ2) is 3.27. The van der Waals surface area contributed by atoms with E-state index < -0.39 is 11.7 Å². The van der Waals surface area contributed by atoms with Crippen molar-refractivity contribution < 1.29 is 14.6 Å². The van der Waals surface area contributed by atoms with Crippen LogP contribution in [-0.2, 0) is 9.53 Å². The Morgan fingerprint density at radius 3 is 3.00 bits per heavy atom. The molecule has 0 aromatic carbocycles. The SMILES string of the molecule is C[C@H](O)C[C@@]1(C)CC=CC(=O)O1. The minimum Gasteiger partial charge on any atom is -0.456 e. The Hall–Kier alpha value is -0.830. The minimum absolute atomic E-state index is 0.315. The maximum absolute atomic E-state index is 10.9. The minimum atomic E-state index is -0.514. The lowest BCUT2D eigenvalue weighted by Gasteiger charge is -2.31. The molecule has 0 unspecified atom stereocenters. The summed E-state index contributed by atoms with van der Waals surface area (Å²) in [6, 6.07) is 0. The van der Waals surface area contributed by atoms with E-state index in [0.29, 0.717) is 12.8 Å². The van der Waals surface area contributed by atoms with Crippen LogP contribution < -0.4 is 0 Å². The molecule has 68 valence electrons. The summed E-state index contributed by atoms with van der Waals surface area (Å²) in [6.45, 7) is 3.53. The zero-order chi connectivity index (χ0) is 9.19. The van der Waals surface area contributed by atoms with Crippen molar-refractivity contribution in [1.29, 1.82) is 0 Å². The summed E-state index contributed by atoms with van der Waals surface area (Å²) in [4.78, 5) is 10.9. The molecule has 3 nitrogen and oxygen atoms in total. The van der Waals surface area contributed by atoms with E-state index >= 15 is 0 Å². The largest absolute Gasteiger partial charge is 0.456 e. The molecule has 0 bridgehead atoms. The van der Waals surface area contributed by atoms with Crippen LogP contribution in [0.4, 0.5) is 0 Å². The van der Waals surface area contributed by atoms with E-state index in [4.69, 9.17) is 9.84 Å². The number of carbonyl (C=O) groups is 1. The molecule has 0 spiro atoms. The Morgan fingerprint density at radius 2 is 2.50 bits per heavy atom. The van der Waals surface area contributed by atoms with E-state index in [9.17, 15) is 4.79 Å². The lowest BCUT2D eigenvalue weighted by Crippen LogP contribution is -2.36. The van der Waals surface area contributed by atoms with Crippen LogP contribution >= 0.6 is 0 Å². The van der Waals surface area contributed by atoms with Crippen LogP contribution in [0.2, 0.25) is 0 Å². The molecule has 0 radical (unpaired) electrons. The third-order valence-corrected chi connectivity index (χ3v) is 1.88. The van der Waals surface area contributed by atoms with Crippen molar-refractivity contribution in [3.8, 4) is 0 Å². The monoisotopic (exact) mass is 170 g/mol. The number of ether oxygens (including phenoxy) is 1. The molecule has 2 atom stereocenters. The topological polar surface area (TPSA) is 46.5 Å². The molecule has 0 aliphatic carbocycles. The molecule has 3 heteroatoms. The van der Waals surface area contributed by atoms with E-state index in [0.717, 1.165) is 0 Å². The fraction of sp³-hybridized carbons (Fsp3) is 0.667. The van der Waals surface area contributed by atoms with Gasteiger partial charge in [0.1, 0.15) is 5.60 Å². The van der Waals surface area contributed by atoms with Gasteiger partial charge >= 0.3 is 5.97 Å². The van der Waals surface area contributed by atoms with Crippen molar-refractivity contribution in [3.05, 3.63) is 12.2 Å². The van der Waals surface area contributed by atoms with Gasteiger partial charge in [0.05, 0.1) is 6.10 Å². The molecule has 1 N–H and O–H groups in total. The lowest BCUT2D eigenvalue weighted by atomic mass is 9.93. The summed E-state index contributed by atoms with van der Waals surface area (Å²) < 4.78 is 5.10. The Kier molecular flexibility index (Phi) is 2.52. The summed E-state index contributed by atoms with van der Waals surface area (Å²) in [5, 5.41) is 9.14. The number of aliphatic hydroxyl groups is 1. The molecule has 1 aliphatic rings. The molecule has 12 heavy (non-hydrogen) atoms. The van der Waals surface area contributed by atoms with Crippen LogP contribution in [0.5, 0.6) is 0 Å². The number of carbonyl (C=O) groups excluding carboxylic acids is 1. The summed E-state index contributed by atoms with van der Waals surface area (Å²) in [6.07, 6.45) is 3.94. The molecular formula is C9H14O3. The molecule has 0 aromatic heterocycles. The second-order valence-electron chi connectivity index (χ2n) is 3.53. The predicted octanol–water partition coefficient (Wildman–Crippen LogP) is 1.02. The third-order valence-electron chi connectivity index (χ3n) is 1.88. The summed E-state index contributed by atoms with van der Waals surface area (Å²) in [5.41, 5.74) is -0.514. The number of cyclic esters (lactones) is 1. The van der Waals surface area contributed by atoms with Gasteiger partial charge in [-0.25, -0.2) is 4.79 Å². The van der Waals surface area contributed by atoms with Gasteiger partial charge < -0.3 is 9.84 Å². The first-order valence-corrected chi connectivity index (χ1v) is 4.09. The number of hydrogen-bond acceptors (Lipinski definition) is 3. The molecule has 0 aromatic rings. The lowest BCUT2D eigenvalue weighted by molar-refractivity contribution is -0.155. The molecule has 0 fully saturated rings. The maximum atomic E-state index is 10.9. The average Bonchev–Trinajstić information content (AvgIpc) is 1.82. The smallest absolute Gasteiger partial charge is 0.330 e. The Balaban J connectivity index is 2.60. The highest BCUT2D eigenvalue weighted by Crippen LogP contribution is 2.25. The van der Waals surface area contributed by atoms with Crippen molar-refractivity contribution in [2.75, 3.05) is 0 Å². The Bertz CT molecular complexity index is 208. The van der Waals surface area contributed by atoms with Crippen molar-refractivity contribution >= 4 is 5.97 Å². The highest BCUT2D eigenvalue weighted by atomic mass is 16.6. The van der Waals surface area contributed by atoms with Crippen LogP contribution in [0, 0.1) is 0 Å². The zero-order valence-electron chi connectivity index (χ0n) is 7.41. The number of esters is 1. The highest BCUT2D eigenvalue weighted by Gasteiger charge is 2.30. The van der Waals surface area contributed by atoms with Gasteiger partial charge in [-0.05, 0) is 13.8 Å². The number of hydrogen-bond donors (Lipinski definition) is 1. The summed E-state index contributed by atoms with van der Waals surface area (Å²) in [5.74, 6) is -0.315. The fourth-order valence-electron chi connectivity index (χ4n) is 1.47. The first-order valence-electron chi connectivity index (χ1n) is 4.09. The van der Waals surface area contributed by atoms with Crippen LogP contribution in [0.1, 0.15) is 26.7 Å². The zero-order valence-corrected chi connectivity index (χ0v) is 7.41. The quantitative estimate of drug-likeness (QED) is 0.629. The van der Waals surface area contributed by atoms with Gasteiger partial charge in [0.2, 0.25) is 0 Å². The predicted molar refractivity (Wildman–Crippen MR) is 44.6 cm³/mol. The molecule has 1 heterocycles. The van der Waals surface area contributed by atoms with E-state index in [1.54, 1.807) is 13.0 Å². The van der Waals surface area contributed by atoms with Gasteiger partial charge in [-0.2, -0.15) is 0 Å². The highest BCUT2D eigenvalue weighted by molar-refractivity contribution is 5.83. The van der Waals surface area contributed by atoms with Crippen LogP contribution in [0.15, 0.2) is 12.2 Å².